The molecule has 24 heavy (non-hydrogen) atoms. The van der Waals surface area contributed by atoms with Gasteiger partial charge in [0.15, 0.2) is 0 Å². The molecule has 1 saturated carbocycles. The van der Waals surface area contributed by atoms with E-state index in [0.29, 0.717) is 6.42 Å². The lowest BCUT2D eigenvalue weighted by Gasteiger charge is -2.22. The summed E-state index contributed by atoms with van der Waals surface area (Å²) in [4.78, 5) is 34.0. The van der Waals surface area contributed by atoms with E-state index in [2.05, 4.69) is 16.0 Å². The number of carbonyl (C=O) groups is 3. The van der Waals surface area contributed by atoms with Crippen molar-refractivity contribution in [1.29, 1.82) is 0 Å². The van der Waals surface area contributed by atoms with E-state index >= 15 is 0 Å². The number of rotatable bonds is 9. The Labute approximate surface area is 139 Å². The van der Waals surface area contributed by atoms with Crippen LogP contribution in [0.5, 0.6) is 0 Å². The number of alkyl halides is 2. The molecule has 4 N–H and O–H groups in total. The molecule has 1 atom stereocenters. The van der Waals surface area contributed by atoms with Crippen molar-refractivity contribution in [3.63, 3.8) is 0 Å². The third-order valence-corrected chi connectivity index (χ3v) is 3.85. The van der Waals surface area contributed by atoms with Crippen molar-refractivity contribution >= 4 is 17.9 Å². The molecule has 0 aliphatic heterocycles. The van der Waals surface area contributed by atoms with E-state index in [-0.39, 0.29) is 25.0 Å². The highest BCUT2D eigenvalue weighted by Crippen LogP contribution is 2.17. The van der Waals surface area contributed by atoms with Gasteiger partial charge in [-0.1, -0.05) is 19.3 Å². The highest BCUT2D eigenvalue weighted by atomic mass is 19.3. The summed E-state index contributed by atoms with van der Waals surface area (Å²) >= 11 is 0. The zero-order chi connectivity index (χ0) is 17.9. The van der Waals surface area contributed by atoms with E-state index in [1.54, 1.807) is 0 Å². The topological polar surface area (TPSA) is 108 Å². The summed E-state index contributed by atoms with van der Waals surface area (Å²) in [7, 11) is 0. The molecule has 1 unspecified atom stereocenters. The quantitative estimate of drug-likeness (QED) is 0.474. The van der Waals surface area contributed by atoms with E-state index < -0.39 is 30.8 Å². The first-order valence-electron chi connectivity index (χ1n) is 8.23. The Morgan fingerprint density at radius 3 is 2.38 bits per heavy atom. The number of urea groups is 1. The standard InChI is InChI=1S/C15H25F2N3O4/c16-12(17)9-11(14(22)23)20-13(21)7-4-8-18-15(24)19-10-5-2-1-3-6-10/h10-12H,1-9H2,(H,20,21)(H,22,23)(H2,18,19,24). The molecule has 1 aliphatic carbocycles. The van der Waals surface area contributed by atoms with Gasteiger partial charge in [-0.3, -0.25) is 4.79 Å². The van der Waals surface area contributed by atoms with Crippen molar-refractivity contribution < 1.29 is 28.3 Å². The van der Waals surface area contributed by atoms with Crippen LogP contribution in [0.2, 0.25) is 0 Å². The molecule has 0 spiro atoms. The van der Waals surface area contributed by atoms with Crippen LogP contribution in [0.3, 0.4) is 0 Å². The summed E-state index contributed by atoms with van der Waals surface area (Å²) < 4.78 is 24.4. The van der Waals surface area contributed by atoms with E-state index in [1.165, 1.54) is 6.42 Å². The van der Waals surface area contributed by atoms with Crippen LogP contribution in [0.25, 0.3) is 0 Å². The molecule has 0 radical (unpaired) electrons. The lowest BCUT2D eigenvalue weighted by molar-refractivity contribution is -0.143. The summed E-state index contributed by atoms with van der Waals surface area (Å²) in [5, 5.41) is 16.3. The number of hydrogen-bond donors (Lipinski definition) is 4. The molecule has 1 fully saturated rings. The average molecular weight is 349 g/mol. The summed E-state index contributed by atoms with van der Waals surface area (Å²) in [5.74, 6) is -2.12. The van der Waals surface area contributed by atoms with Crippen LogP contribution in [-0.2, 0) is 9.59 Å². The predicted octanol–water partition coefficient (Wildman–Crippen LogP) is 1.62. The fourth-order valence-corrected chi connectivity index (χ4v) is 2.60. The molecule has 0 saturated heterocycles. The lowest BCUT2D eigenvalue weighted by atomic mass is 9.96. The molecule has 3 amide bonds. The number of aliphatic carboxylic acids is 1. The zero-order valence-corrected chi connectivity index (χ0v) is 13.5. The van der Waals surface area contributed by atoms with Crippen LogP contribution in [0, 0.1) is 0 Å². The molecular weight excluding hydrogens is 324 g/mol. The Kier molecular flexibility index (Phi) is 9.03. The Balaban J connectivity index is 2.15. The van der Waals surface area contributed by atoms with Crippen LogP contribution in [0.15, 0.2) is 0 Å². The first-order chi connectivity index (χ1) is 11.4. The third kappa shape index (κ3) is 8.64. The summed E-state index contributed by atoms with van der Waals surface area (Å²) in [6.07, 6.45) is 1.86. The van der Waals surface area contributed by atoms with Crippen LogP contribution < -0.4 is 16.0 Å². The largest absolute Gasteiger partial charge is 0.480 e. The van der Waals surface area contributed by atoms with E-state index in [1.807, 2.05) is 0 Å². The number of carboxylic acids is 1. The molecule has 138 valence electrons. The maximum absolute atomic E-state index is 12.2. The molecule has 0 bridgehead atoms. The van der Waals surface area contributed by atoms with Crippen molar-refractivity contribution in [2.24, 2.45) is 0 Å². The number of hydrogen-bond acceptors (Lipinski definition) is 3. The first kappa shape index (κ1) is 20.1. The van der Waals surface area contributed by atoms with Crippen molar-refractivity contribution in [3.8, 4) is 0 Å². The average Bonchev–Trinajstić information content (AvgIpc) is 2.51. The predicted molar refractivity (Wildman–Crippen MR) is 82.8 cm³/mol. The Morgan fingerprint density at radius 2 is 1.79 bits per heavy atom. The second-order valence-electron chi connectivity index (χ2n) is 5.92. The fraction of sp³-hybridized carbons (Fsp3) is 0.800. The van der Waals surface area contributed by atoms with Gasteiger partial charge in [0, 0.05) is 25.4 Å². The summed E-state index contributed by atoms with van der Waals surface area (Å²) in [5.41, 5.74) is 0. The highest BCUT2D eigenvalue weighted by molar-refractivity contribution is 5.83. The molecule has 0 aromatic carbocycles. The van der Waals surface area contributed by atoms with Gasteiger partial charge >= 0.3 is 12.0 Å². The van der Waals surface area contributed by atoms with Crippen molar-refractivity contribution in [2.75, 3.05) is 6.54 Å². The molecule has 0 heterocycles. The molecule has 0 aromatic heterocycles. The van der Waals surface area contributed by atoms with Crippen molar-refractivity contribution in [1.82, 2.24) is 16.0 Å². The summed E-state index contributed by atoms with van der Waals surface area (Å²) in [6, 6.07) is -1.70. The van der Waals surface area contributed by atoms with E-state index in [0.717, 1.165) is 25.7 Å². The summed E-state index contributed by atoms with van der Waals surface area (Å²) in [6.45, 7) is 0.249. The number of carboxylic acid groups (broad SMARTS) is 1. The van der Waals surface area contributed by atoms with Gasteiger partial charge in [0.1, 0.15) is 6.04 Å². The number of nitrogens with one attached hydrogen (secondary N) is 3. The van der Waals surface area contributed by atoms with E-state index in [4.69, 9.17) is 5.11 Å². The van der Waals surface area contributed by atoms with Gasteiger partial charge in [-0.25, -0.2) is 18.4 Å². The normalized spacial score (nSPS) is 16.5. The third-order valence-electron chi connectivity index (χ3n) is 3.85. The van der Waals surface area contributed by atoms with Gasteiger partial charge in [-0.05, 0) is 19.3 Å². The fourth-order valence-electron chi connectivity index (χ4n) is 2.60. The smallest absolute Gasteiger partial charge is 0.326 e. The van der Waals surface area contributed by atoms with Gasteiger partial charge in [-0.2, -0.15) is 0 Å². The maximum Gasteiger partial charge on any atom is 0.326 e. The minimum atomic E-state index is -2.81. The molecule has 0 aromatic rings. The number of halogens is 2. The SMILES string of the molecule is O=C(CCCNC(=O)NC1CCCCC1)NC(CC(F)F)C(=O)O. The lowest BCUT2D eigenvalue weighted by Crippen LogP contribution is -2.44. The van der Waals surface area contributed by atoms with E-state index in [9.17, 15) is 23.2 Å². The minimum Gasteiger partial charge on any atom is -0.480 e. The Bertz CT molecular complexity index is 429. The van der Waals surface area contributed by atoms with Gasteiger partial charge < -0.3 is 21.1 Å². The monoisotopic (exact) mass is 349 g/mol. The maximum atomic E-state index is 12.2. The van der Waals surface area contributed by atoms with Crippen LogP contribution >= 0.6 is 0 Å². The highest BCUT2D eigenvalue weighted by Gasteiger charge is 2.23. The van der Waals surface area contributed by atoms with Gasteiger partial charge in [0.05, 0.1) is 0 Å². The molecule has 1 rings (SSSR count). The number of carbonyl (C=O) groups excluding carboxylic acids is 2. The molecule has 7 nitrogen and oxygen atoms in total. The molecule has 9 heteroatoms. The molecular formula is C15H25F2N3O4. The Morgan fingerprint density at radius 1 is 1.12 bits per heavy atom. The van der Waals surface area contributed by atoms with Crippen molar-refractivity contribution in [3.05, 3.63) is 0 Å². The van der Waals surface area contributed by atoms with Crippen molar-refractivity contribution in [2.45, 2.75) is 69.9 Å². The number of amides is 3. The van der Waals surface area contributed by atoms with Crippen LogP contribution in [0.4, 0.5) is 13.6 Å². The zero-order valence-electron chi connectivity index (χ0n) is 13.5. The van der Waals surface area contributed by atoms with Crippen LogP contribution in [0.1, 0.15) is 51.4 Å². The van der Waals surface area contributed by atoms with Crippen LogP contribution in [-0.4, -0.2) is 48.1 Å². The molecule has 1 aliphatic rings. The second-order valence-corrected chi connectivity index (χ2v) is 5.92. The first-order valence-corrected chi connectivity index (χ1v) is 8.23. The van der Waals surface area contributed by atoms with Gasteiger partial charge in [0.2, 0.25) is 12.3 Å². The minimum absolute atomic E-state index is 0.0449. The van der Waals surface area contributed by atoms with Gasteiger partial charge in [0.25, 0.3) is 0 Å². The Hall–Kier alpha value is -1.93. The van der Waals surface area contributed by atoms with Gasteiger partial charge in [-0.15, -0.1) is 0 Å². The second kappa shape index (κ2) is 10.8.